The molecule has 0 saturated carbocycles. The second-order valence-electron chi connectivity index (χ2n) is 5.90. The Labute approximate surface area is 162 Å². The van der Waals surface area contributed by atoms with Crippen molar-refractivity contribution < 1.29 is 19.1 Å². The highest BCUT2D eigenvalue weighted by Crippen LogP contribution is 2.33. The van der Waals surface area contributed by atoms with Gasteiger partial charge in [-0.3, -0.25) is 4.79 Å². The van der Waals surface area contributed by atoms with Crippen molar-refractivity contribution in [3.63, 3.8) is 0 Å². The molecule has 0 radical (unpaired) electrons. The van der Waals surface area contributed by atoms with Crippen LogP contribution in [0.15, 0.2) is 24.3 Å². The van der Waals surface area contributed by atoms with Gasteiger partial charge in [0.05, 0.1) is 19.3 Å². The first-order chi connectivity index (χ1) is 13.0. The quantitative estimate of drug-likeness (QED) is 0.532. The minimum absolute atomic E-state index is 0.268. The molecule has 27 heavy (non-hydrogen) atoms. The molecule has 0 atom stereocenters. The van der Waals surface area contributed by atoms with E-state index in [4.69, 9.17) is 9.47 Å². The van der Waals surface area contributed by atoms with Crippen molar-refractivity contribution >= 4 is 28.2 Å². The van der Waals surface area contributed by atoms with Crippen LogP contribution in [0.3, 0.4) is 0 Å². The smallest absolute Gasteiger partial charge is 0.348 e. The largest absolute Gasteiger partial charge is 0.494 e. The molecule has 1 heterocycles. The Bertz CT molecular complexity index is 850. The van der Waals surface area contributed by atoms with Gasteiger partial charge in [-0.25, -0.2) is 4.79 Å². The summed E-state index contributed by atoms with van der Waals surface area (Å²) in [7, 11) is 1.28. The number of amides is 1. The summed E-state index contributed by atoms with van der Waals surface area (Å²) in [5.41, 5.74) is 1.20. The van der Waals surface area contributed by atoms with Crippen molar-refractivity contribution in [1.29, 1.82) is 5.26 Å². The van der Waals surface area contributed by atoms with Crippen LogP contribution in [-0.4, -0.2) is 25.6 Å². The van der Waals surface area contributed by atoms with Crippen molar-refractivity contribution in [3.8, 4) is 11.8 Å². The van der Waals surface area contributed by atoms with Gasteiger partial charge in [0.2, 0.25) is 0 Å². The molecule has 2 aromatic rings. The highest BCUT2D eigenvalue weighted by atomic mass is 32.1. The number of nitriles is 1. The number of nitrogens with one attached hydrogen (secondary N) is 1. The van der Waals surface area contributed by atoms with Gasteiger partial charge in [0, 0.05) is 5.56 Å². The fraction of sp³-hybridized carbons (Fsp3) is 0.350. The summed E-state index contributed by atoms with van der Waals surface area (Å²) in [5.74, 6) is -0.180. The Morgan fingerprint density at radius 1 is 1.22 bits per heavy atom. The first kappa shape index (κ1) is 20.5. The molecule has 0 saturated heterocycles. The zero-order valence-corrected chi connectivity index (χ0v) is 16.4. The number of rotatable bonds is 8. The molecule has 0 aliphatic heterocycles. The molecular formula is C20H22N2O4S. The number of carbonyl (C=O) groups excluding carboxylic acids is 2. The molecule has 0 aliphatic carbocycles. The van der Waals surface area contributed by atoms with Gasteiger partial charge in [0.1, 0.15) is 21.7 Å². The zero-order chi connectivity index (χ0) is 19.8. The van der Waals surface area contributed by atoms with E-state index in [2.05, 4.69) is 12.2 Å². The summed E-state index contributed by atoms with van der Waals surface area (Å²) >= 11 is 1.03. The lowest BCUT2D eigenvalue weighted by Gasteiger charge is -2.07. The van der Waals surface area contributed by atoms with Gasteiger partial charge in [-0.05, 0) is 43.2 Å². The van der Waals surface area contributed by atoms with Gasteiger partial charge >= 0.3 is 5.97 Å². The predicted molar refractivity (Wildman–Crippen MR) is 105 cm³/mol. The Hall–Kier alpha value is -2.85. The summed E-state index contributed by atoms with van der Waals surface area (Å²) in [6.07, 6.45) is 3.25. The number of carbonyl (C=O) groups is 2. The number of nitrogens with zero attached hydrogens (tertiary/aromatic N) is 1. The van der Waals surface area contributed by atoms with Crippen molar-refractivity contribution in [3.05, 3.63) is 45.8 Å². The Kier molecular flexibility index (Phi) is 7.38. The SMILES string of the molecule is CCCCCOc1ccc(C(=O)Nc2sc(C(=O)OC)c(C)c2C#N)cc1. The Morgan fingerprint density at radius 2 is 1.93 bits per heavy atom. The van der Waals surface area contributed by atoms with E-state index in [0.29, 0.717) is 33.4 Å². The molecule has 0 aliphatic rings. The van der Waals surface area contributed by atoms with Crippen LogP contribution in [0.2, 0.25) is 0 Å². The monoisotopic (exact) mass is 386 g/mol. The number of unbranched alkanes of at least 4 members (excludes halogenated alkanes) is 2. The summed E-state index contributed by atoms with van der Waals surface area (Å²) < 4.78 is 10.3. The van der Waals surface area contributed by atoms with E-state index in [1.807, 2.05) is 6.07 Å². The van der Waals surface area contributed by atoms with E-state index in [1.165, 1.54) is 7.11 Å². The third-order valence-corrected chi connectivity index (χ3v) is 5.18. The number of thiophene rings is 1. The zero-order valence-electron chi connectivity index (χ0n) is 15.6. The number of ether oxygens (including phenoxy) is 2. The molecule has 0 bridgehead atoms. The highest BCUT2D eigenvalue weighted by molar-refractivity contribution is 7.18. The fourth-order valence-electron chi connectivity index (χ4n) is 2.44. The topological polar surface area (TPSA) is 88.4 Å². The van der Waals surface area contributed by atoms with Gasteiger partial charge in [0.25, 0.3) is 5.91 Å². The highest BCUT2D eigenvalue weighted by Gasteiger charge is 2.22. The minimum Gasteiger partial charge on any atom is -0.494 e. The number of esters is 1. The van der Waals surface area contributed by atoms with Crippen LogP contribution in [0.5, 0.6) is 5.75 Å². The molecule has 142 valence electrons. The number of anilines is 1. The van der Waals surface area contributed by atoms with Gasteiger partial charge in [-0.15, -0.1) is 11.3 Å². The maximum Gasteiger partial charge on any atom is 0.348 e. The molecule has 1 aromatic heterocycles. The number of methoxy groups -OCH3 is 1. The fourth-order valence-corrected chi connectivity index (χ4v) is 3.51. The lowest BCUT2D eigenvalue weighted by atomic mass is 10.1. The Morgan fingerprint density at radius 3 is 2.52 bits per heavy atom. The van der Waals surface area contributed by atoms with Crippen LogP contribution < -0.4 is 10.1 Å². The van der Waals surface area contributed by atoms with E-state index in [1.54, 1.807) is 31.2 Å². The van der Waals surface area contributed by atoms with E-state index in [0.717, 1.165) is 30.6 Å². The second kappa shape index (κ2) is 9.74. The predicted octanol–water partition coefficient (Wildman–Crippen LogP) is 4.54. The normalized spacial score (nSPS) is 10.1. The molecule has 0 spiro atoms. The first-order valence-electron chi connectivity index (χ1n) is 8.67. The molecule has 1 amide bonds. The van der Waals surface area contributed by atoms with E-state index >= 15 is 0 Å². The van der Waals surface area contributed by atoms with Crippen LogP contribution >= 0.6 is 11.3 Å². The summed E-state index contributed by atoms with van der Waals surface area (Å²) in [4.78, 5) is 24.6. The van der Waals surface area contributed by atoms with Crippen LogP contribution in [-0.2, 0) is 4.74 Å². The summed E-state index contributed by atoms with van der Waals surface area (Å²) in [6.45, 7) is 4.44. The van der Waals surface area contributed by atoms with Crippen LogP contribution in [0, 0.1) is 18.3 Å². The van der Waals surface area contributed by atoms with Gasteiger partial charge in [-0.1, -0.05) is 19.8 Å². The van der Waals surface area contributed by atoms with Crippen LogP contribution in [0.1, 0.15) is 57.3 Å². The second-order valence-corrected chi connectivity index (χ2v) is 6.92. The Balaban J connectivity index is 2.09. The molecule has 1 N–H and O–H groups in total. The number of hydrogen-bond acceptors (Lipinski definition) is 6. The van der Waals surface area contributed by atoms with Crippen LogP contribution in [0.4, 0.5) is 5.00 Å². The molecule has 0 fully saturated rings. The summed E-state index contributed by atoms with van der Waals surface area (Å²) in [6, 6.07) is 8.84. The third kappa shape index (κ3) is 5.08. The van der Waals surface area contributed by atoms with Crippen LogP contribution in [0.25, 0.3) is 0 Å². The minimum atomic E-state index is -0.529. The van der Waals surface area contributed by atoms with Crippen molar-refractivity contribution in [2.75, 3.05) is 19.0 Å². The van der Waals surface area contributed by atoms with Gasteiger partial charge in [-0.2, -0.15) is 5.26 Å². The maximum absolute atomic E-state index is 12.5. The average molecular weight is 386 g/mol. The molecule has 7 heteroatoms. The average Bonchev–Trinajstić information content (AvgIpc) is 3.00. The summed E-state index contributed by atoms with van der Waals surface area (Å²) in [5, 5.41) is 12.4. The molecule has 2 rings (SSSR count). The molecule has 6 nitrogen and oxygen atoms in total. The number of hydrogen-bond donors (Lipinski definition) is 1. The molecular weight excluding hydrogens is 364 g/mol. The molecule has 1 aromatic carbocycles. The van der Waals surface area contributed by atoms with Gasteiger partial charge < -0.3 is 14.8 Å². The first-order valence-corrected chi connectivity index (χ1v) is 9.49. The van der Waals surface area contributed by atoms with E-state index in [9.17, 15) is 14.9 Å². The standard InChI is InChI=1S/C20H22N2O4S/c1-4-5-6-11-26-15-9-7-14(8-10-15)18(23)22-19-16(12-21)13(2)17(27-19)20(24)25-3/h7-10H,4-6,11H2,1-3H3,(H,22,23). The number of benzene rings is 1. The van der Waals surface area contributed by atoms with E-state index < -0.39 is 5.97 Å². The van der Waals surface area contributed by atoms with Crippen molar-refractivity contribution in [2.45, 2.75) is 33.1 Å². The third-order valence-electron chi connectivity index (χ3n) is 3.99. The molecule has 0 unspecified atom stereocenters. The van der Waals surface area contributed by atoms with E-state index in [-0.39, 0.29) is 11.5 Å². The lowest BCUT2D eigenvalue weighted by molar-refractivity contribution is 0.0605. The van der Waals surface area contributed by atoms with Gasteiger partial charge in [0.15, 0.2) is 0 Å². The maximum atomic E-state index is 12.5. The van der Waals surface area contributed by atoms with Crippen molar-refractivity contribution in [1.82, 2.24) is 0 Å². The lowest BCUT2D eigenvalue weighted by Crippen LogP contribution is -2.11. The van der Waals surface area contributed by atoms with Crippen molar-refractivity contribution in [2.24, 2.45) is 0 Å².